The fraction of sp³-hybridized carbons (Fsp3) is 0.250. The van der Waals surface area contributed by atoms with Gasteiger partial charge in [-0.15, -0.1) is 0 Å². The summed E-state index contributed by atoms with van der Waals surface area (Å²) in [6, 6.07) is 14.3. The number of aromatic nitrogens is 4. The molecule has 3 heterocycles. The van der Waals surface area contributed by atoms with E-state index in [0.717, 1.165) is 30.5 Å². The van der Waals surface area contributed by atoms with Crippen molar-refractivity contribution in [3.8, 4) is 23.2 Å². The summed E-state index contributed by atoms with van der Waals surface area (Å²) >= 11 is 0. The van der Waals surface area contributed by atoms with Crippen molar-refractivity contribution in [2.75, 3.05) is 5.32 Å². The van der Waals surface area contributed by atoms with E-state index in [2.05, 4.69) is 20.4 Å². The Balaban J connectivity index is 1.48. The van der Waals surface area contributed by atoms with Gasteiger partial charge in [0.15, 0.2) is 11.9 Å². The van der Waals surface area contributed by atoms with E-state index >= 15 is 0 Å². The second-order valence-corrected chi connectivity index (χ2v) is 7.89. The Kier molecular flexibility index (Phi) is 5.52. The molecule has 1 atom stereocenters. The highest BCUT2D eigenvalue weighted by Crippen LogP contribution is 2.25. The van der Waals surface area contributed by atoms with Gasteiger partial charge in [-0.05, 0) is 56.9 Å². The van der Waals surface area contributed by atoms with Crippen LogP contribution in [-0.4, -0.2) is 31.8 Å². The Labute approximate surface area is 189 Å². The predicted octanol–water partition coefficient (Wildman–Crippen LogP) is 3.50. The van der Waals surface area contributed by atoms with Crippen LogP contribution >= 0.6 is 0 Å². The second kappa shape index (κ2) is 8.78. The molecule has 1 aromatic carbocycles. The Morgan fingerprint density at radius 2 is 2.00 bits per heavy atom. The Morgan fingerprint density at radius 1 is 1.18 bits per heavy atom. The zero-order valence-corrected chi connectivity index (χ0v) is 18.1. The number of fused-ring (bicyclic) bond motifs is 1. The molecule has 1 amide bonds. The molecule has 1 unspecified atom stereocenters. The number of anilines is 1. The van der Waals surface area contributed by atoms with E-state index in [0.29, 0.717) is 29.4 Å². The Morgan fingerprint density at radius 3 is 2.79 bits per heavy atom. The van der Waals surface area contributed by atoms with Crippen LogP contribution in [0.15, 0.2) is 64.0 Å². The molecule has 5 rings (SSSR count). The van der Waals surface area contributed by atoms with Crippen LogP contribution in [-0.2, 0) is 17.6 Å². The first kappa shape index (κ1) is 20.7. The third-order valence-electron chi connectivity index (χ3n) is 5.54. The number of furan rings is 1. The molecule has 0 radical (unpaired) electrons. The topological polar surface area (TPSA) is 115 Å². The lowest BCUT2D eigenvalue weighted by Crippen LogP contribution is -2.31. The maximum absolute atomic E-state index is 12.9. The number of carbonyl (C=O) groups is 1. The Bertz CT molecular complexity index is 1320. The van der Waals surface area contributed by atoms with Gasteiger partial charge in [0.05, 0.1) is 12.0 Å². The fourth-order valence-corrected chi connectivity index (χ4v) is 3.85. The van der Waals surface area contributed by atoms with Crippen molar-refractivity contribution in [3.63, 3.8) is 0 Å². The largest absolute Gasteiger partial charge is 0.481 e. The maximum atomic E-state index is 12.9. The van der Waals surface area contributed by atoms with Crippen LogP contribution in [0, 0.1) is 0 Å². The van der Waals surface area contributed by atoms with Crippen LogP contribution in [0.1, 0.15) is 31.0 Å². The molecule has 33 heavy (non-hydrogen) atoms. The van der Waals surface area contributed by atoms with E-state index in [1.165, 1.54) is 4.68 Å². The Hall–Kier alpha value is -4.14. The van der Waals surface area contributed by atoms with Crippen molar-refractivity contribution in [1.82, 2.24) is 19.7 Å². The molecule has 9 nitrogen and oxygen atoms in total. The summed E-state index contributed by atoms with van der Waals surface area (Å²) in [5.74, 6) is 1.33. The molecule has 3 aromatic heterocycles. The number of para-hydroxylation sites is 1. The summed E-state index contributed by atoms with van der Waals surface area (Å²) in [6.45, 7) is 1.66. The summed E-state index contributed by atoms with van der Waals surface area (Å²) in [5.41, 5.74) is 1.81. The summed E-state index contributed by atoms with van der Waals surface area (Å²) in [4.78, 5) is 33.0. The van der Waals surface area contributed by atoms with Gasteiger partial charge in [-0.2, -0.15) is 9.78 Å². The molecule has 1 aliphatic carbocycles. The summed E-state index contributed by atoms with van der Waals surface area (Å²) in [5, 5.41) is 7.39. The number of amides is 1. The molecule has 0 fully saturated rings. The van der Waals surface area contributed by atoms with Gasteiger partial charge in [0, 0.05) is 11.6 Å². The second-order valence-electron chi connectivity index (χ2n) is 7.89. The number of rotatable bonds is 6. The molecule has 0 saturated carbocycles. The molecular formula is C24H23N5O4. The van der Waals surface area contributed by atoms with Gasteiger partial charge < -0.3 is 14.5 Å². The minimum Gasteiger partial charge on any atom is -0.481 e. The number of aryl methyl sites for hydroxylation is 1. The standard InChI is InChI=1S/C24H23N5O4/c1-15(33-16-8-3-2-4-9-16)22(30)26-21-14-19(20-12-7-13-32-20)28-29(21)24-25-18-11-6-5-10-17(18)23(31)27-24/h2-4,7-9,12-15H,5-6,10-11H2,1H3,(H,26,30)(H,25,27,31). The van der Waals surface area contributed by atoms with Crippen LogP contribution in [0.4, 0.5) is 5.82 Å². The monoisotopic (exact) mass is 445 g/mol. The van der Waals surface area contributed by atoms with E-state index in [1.807, 2.05) is 18.2 Å². The molecular weight excluding hydrogens is 422 g/mol. The third kappa shape index (κ3) is 4.30. The van der Waals surface area contributed by atoms with Crippen molar-refractivity contribution >= 4 is 11.7 Å². The van der Waals surface area contributed by atoms with Gasteiger partial charge >= 0.3 is 0 Å². The smallest absolute Gasteiger partial charge is 0.266 e. The van der Waals surface area contributed by atoms with E-state index < -0.39 is 6.10 Å². The van der Waals surface area contributed by atoms with Crippen LogP contribution in [0.2, 0.25) is 0 Å². The number of hydrogen-bond acceptors (Lipinski definition) is 6. The van der Waals surface area contributed by atoms with Crippen LogP contribution < -0.4 is 15.6 Å². The molecule has 168 valence electrons. The highest BCUT2D eigenvalue weighted by molar-refractivity contribution is 5.94. The molecule has 0 bridgehead atoms. The van der Waals surface area contributed by atoms with Crippen molar-refractivity contribution in [3.05, 3.63) is 76.4 Å². The zero-order valence-electron chi connectivity index (χ0n) is 18.1. The zero-order chi connectivity index (χ0) is 22.8. The first-order valence-corrected chi connectivity index (χ1v) is 10.9. The predicted molar refractivity (Wildman–Crippen MR) is 121 cm³/mol. The van der Waals surface area contributed by atoms with Gasteiger partial charge in [-0.25, -0.2) is 4.98 Å². The quantitative estimate of drug-likeness (QED) is 0.469. The number of aromatic amines is 1. The van der Waals surface area contributed by atoms with Gasteiger partial charge in [-0.3, -0.25) is 14.6 Å². The number of nitrogens with zero attached hydrogens (tertiary/aromatic N) is 3. The van der Waals surface area contributed by atoms with Crippen molar-refractivity contribution in [2.45, 2.75) is 38.7 Å². The maximum Gasteiger partial charge on any atom is 0.266 e. The molecule has 0 aliphatic heterocycles. The SMILES string of the molecule is CC(Oc1ccccc1)C(=O)Nc1cc(-c2ccco2)nn1-c1nc2c(c(=O)[nH]1)CCCC2. The minimum atomic E-state index is -0.765. The first-order chi connectivity index (χ1) is 16.1. The lowest BCUT2D eigenvalue weighted by Gasteiger charge is -2.16. The van der Waals surface area contributed by atoms with Gasteiger partial charge in [-0.1, -0.05) is 18.2 Å². The van der Waals surface area contributed by atoms with E-state index in [9.17, 15) is 9.59 Å². The minimum absolute atomic E-state index is 0.178. The number of hydrogen-bond donors (Lipinski definition) is 2. The molecule has 9 heteroatoms. The lowest BCUT2D eigenvalue weighted by atomic mass is 9.97. The van der Waals surface area contributed by atoms with Crippen molar-refractivity contribution in [2.24, 2.45) is 0 Å². The number of H-pyrrole nitrogens is 1. The average molecular weight is 445 g/mol. The van der Waals surface area contributed by atoms with Crippen molar-refractivity contribution in [1.29, 1.82) is 0 Å². The van der Waals surface area contributed by atoms with Crippen LogP contribution in [0.25, 0.3) is 17.4 Å². The molecule has 0 spiro atoms. The number of ether oxygens (including phenoxy) is 1. The number of carbonyl (C=O) groups excluding carboxylic acids is 1. The van der Waals surface area contributed by atoms with Gasteiger partial charge in [0.25, 0.3) is 11.5 Å². The summed E-state index contributed by atoms with van der Waals surface area (Å²) in [6.07, 6.45) is 4.19. The van der Waals surface area contributed by atoms with Crippen molar-refractivity contribution < 1.29 is 13.9 Å². The first-order valence-electron chi connectivity index (χ1n) is 10.9. The normalized spacial score (nSPS) is 13.8. The molecule has 0 saturated heterocycles. The van der Waals surface area contributed by atoms with E-state index in [-0.39, 0.29) is 17.4 Å². The highest BCUT2D eigenvalue weighted by Gasteiger charge is 2.22. The van der Waals surface area contributed by atoms with Gasteiger partial charge in [0.2, 0.25) is 5.95 Å². The van der Waals surface area contributed by atoms with Crippen LogP contribution in [0.3, 0.4) is 0 Å². The lowest BCUT2D eigenvalue weighted by molar-refractivity contribution is -0.122. The average Bonchev–Trinajstić information content (AvgIpc) is 3.50. The fourth-order valence-electron chi connectivity index (χ4n) is 3.85. The van der Waals surface area contributed by atoms with E-state index in [4.69, 9.17) is 9.15 Å². The van der Waals surface area contributed by atoms with Gasteiger partial charge in [0.1, 0.15) is 17.3 Å². The number of nitrogens with one attached hydrogen (secondary N) is 2. The molecule has 4 aromatic rings. The van der Waals surface area contributed by atoms with E-state index in [1.54, 1.807) is 43.5 Å². The summed E-state index contributed by atoms with van der Waals surface area (Å²) < 4.78 is 12.6. The summed E-state index contributed by atoms with van der Waals surface area (Å²) in [7, 11) is 0. The number of benzene rings is 1. The molecule has 2 N–H and O–H groups in total. The highest BCUT2D eigenvalue weighted by atomic mass is 16.5. The molecule has 1 aliphatic rings. The third-order valence-corrected chi connectivity index (χ3v) is 5.54. The van der Waals surface area contributed by atoms with Crippen LogP contribution in [0.5, 0.6) is 5.75 Å².